The van der Waals surface area contributed by atoms with Gasteiger partial charge in [0, 0.05) is 6.54 Å². The highest BCUT2D eigenvalue weighted by atomic mass is 127. The van der Waals surface area contributed by atoms with E-state index < -0.39 is 17.2 Å². The first-order chi connectivity index (χ1) is 15.3. The van der Waals surface area contributed by atoms with E-state index in [4.69, 9.17) is 9.47 Å². The summed E-state index contributed by atoms with van der Waals surface area (Å²) in [7, 11) is 2.98. The van der Waals surface area contributed by atoms with Gasteiger partial charge >= 0.3 is 0 Å². The van der Waals surface area contributed by atoms with Crippen LogP contribution in [0, 0.1) is 13.8 Å². The molecule has 3 rings (SSSR count). The lowest BCUT2D eigenvalue weighted by Gasteiger charge is -2.17. The molecule has 0 fully saturated rings. The summed E-state index contributed by atoms with van der Waals surface area (Å²) in [5.41, 5.74) is 2.48. The molecular weight excluding hydrogens is 525 g/mol. The lowest BCUT2D eigenvalue weighted by molar-refractivity contribution is 0.0942. The summed E-state index contributed by atoms with van der Waals surface area (Å²) in [6, 6.07) is 11.0. The minimum atomic E-state index is -0.728. The minimum Gasteiger partial charge on any atom is -0.501 e. The Morgan fingerprint density at radius 3 is 2.34 bits per heavy atom. The van der Waals surface area contributed by atoms with Crippen LogP contribution in [0.4, 0.5) is 0 Å². The molecule has 0 atom stereocenters. The van der Waals surface area contributed by atoms with E-state index in [2.05, 4.69) is 10.3 Å². The van der Waals surface area contributed by atoms with Gasteiger partial charge in [-0.05, 0) is 42.7 Å². The predicted octanol–water partition coefficient (Wildman–Crippen LogP) is 3.57. The number of halogens is 1. The van der Waals surface area contributed by atoms with E-state index in [1.54, 1.807) is 18.2 Å². The molecule has 0 radical (unpaired) electrons. The Balaban J connectivity index is 2.07. The van der Waals surface area contributed by atoms with Crippen LogP contribution in [0.3, 0.4) is 0 Å². The Hall–Kier alpha value is -3.08. The second-order valence-corrected chi connectivity index (χ2v) is 7.81. The summed E-state index contributed by atoms with van der Waals surface area (Å²) >= 11 is 1.98. The van der Waals surface area contributed by atoms with E-state index in [9.17, 15) is 14.7 Å². The van der Waals surface area contributed by atoms with Crippen LogP contribution in [-0.4, -0.2) is 34.8 Å². The number of hydrogen-bond acceptors (Lipinski definition) is 6. The van der Waals surface area contributed by atoms with E-state index in [0.717, 1.165) is 16.7 Å². The number of rotatable bonds is 7. The molecule has 0 saturated heterocycles. The highest BCUT2D eigenvalue weighted by Crippen LogP contribution is 2.37. The van der Waals surface area contributed by atoms with Gasteiger partial charge in [0.2, 0.25) is 5.75 Å². The molecule has 2 aromatic carbocycles. The van der Waals surface area contributed by atoms with Crippen molar-refractivity contribution in [3.8, 4) is 28.6 Å². The van der Waals surface area contributed by atoms with Gasteiger partial charge in [0.15, 0.2) is 11.5 Å². The number of aromatic nitrogens is 2. The molecular formula is C23H24IN3O5. The second kappa shape index (κ2) is 10.0. The molecule has 0 spiro atoms. The molecule has 168 valence electrons. The normalized spacial score (nSPS) is 10.7. The molecule has 8 nitrogen and oxygen atoms in total. The number of amides is 1. The van der Waals surface area contributed by atoms with Crippen LogP contribution in [0.25, 0.3) is 11.4 Å². The summed E-state index contributed by atoms with van der Waals surface area (Å²) in [5, 5.41) is 13.2. The van der Waals surface area contributed by atoms with Crippen LogP contribution < -0.4 is 20.3 Å². The van der Waals surface area contributed by atoms with Crippen molar-refractivity contribution in [3.63, 3.8) is 0 Å². The Kier molecular flexibility index (Phi) is 7.39. The zero-order valence-electron chi connectivity index (χ0n) is 18.2. The van der Waals surface area contributed by atoms with E-state index >= 15 is 0 Å². The van der Waals surface area contributed by atoms with E-state index in [1.807, 2.05) is 54.6 Å². The Labute approximate surface area is 199 Å². The van der Waals surface area contributed by atoms with Crippen molar-refractivity contribution in [2.24, 2.45) is 0 Å². The third-order valence-electron chi connectivity index (χ3n) is 5.16. The summed E-state index contributed by atoms with van der Waals surface area (Å²) in [6.07, 6.45) is 0. The van der Waals surface area contributed by atoms with Gasteiger partial charge in [0.05, 0.1) is 18.8 Å². The zero-order valence-corrected chi connectivity index (χ0v) is 20.4. The van der Waals surface area contributed by atoms with Gasteiger partial charge in [-0.25, -0.2) is 4.98 Å². The summed E-state index contributed by atoms with van der Waals surface area (Å²) in [5.74, 6) is -0.373. The van der Waals surface area contributed by atoms with Crippen molar-refractivity contribution in [2.75, 3.05) is 14.2 Å². The van der Waals surface area contributed by atoms with Gasteiger partial charge in [-0.1, -0.05) is 46.9 Å². The van der Waals surface area contributed by atoms with Gasteiger partial charge in [0.25, 0.3) is 11.5 Å². The van der Waals surface area contributed by atoms with Gasteiger partial charge in [-0.3, -0.25) is 14.2 Å². The second-order valence-electron chi connectivity index (χ2n) is 7.12. The molecule has 1 heterocycles. The molecule has 0 saturated carbocycles. The number of carbonyl (C=O) groups excluding carboxylic acids is 1. The number of benzene rings is 2. The highest BCUT2D eigenvalue weighted by Gasteiger charge is 2.25. The number of nitrogens with one attached hydrogen (secondary N) is 1. The Morgan fingerprint density at radius 2 is 1.78 bits per heavy atom. The van der Waals surface area contributed by atoms with Crippen molar-refractivity contribution in [3.05, 3.63) is 69.1 Å². The van der Waals surface area contributed by atoms with Crippen molar-refractivity contribution in [1.29, 1.82) is 0 Å². The first-order valence-electron chi connectivity index (χ1n) is 9.77. The van der Waals surface area contributed by atoms with Gasteiger partial charge < -0.3 is 19.9 Å². The first kappa shape index (κ1) is 23.6. The number of carbonyl (C=O) groups is 1. The standard InChI is InChI=1S/C23H24IN3O5/c1-13-8-9-15(10-14(13)2)11-25-22(29)19-20(28)23(30)27(12-24)21(26-19)18-16(31-3)6-5-7-17(18)32-4/h5-10,28H,11-12H2,1-4H3,(H,25,29). The molecule has 0 aliphatic heterocycles. The van der Waals surface area contributed by atoms with Crippen LogP contribution in [0.1, 0.15) is 27.2 Å². The number of nitrogens with zero attached hydrogens (tertiary/aromatic N) is 2. The third kappa shape index (κ3) is 4.57. The zero-order chi connectivity index (χ0) is 23.4. The largest absolute Gasteiger partial charge is 0.501 e. The Morgan fingerprint density at radius 1 is 1.12 bits per heavy atom. The molecule has 0 unspecified atom stereocenters. The average molecular weight is 549 g/mol. The monoisotopic (exact) mass is 549 g/mol. The molecule has 0 bridgehead atoms. The van der Waals surface area contributed by atoms with Crippen molar-refractivity contribution in [2.45, 2.75) is 24.9 Å². The molecule has 2 N–H and O–H groups in total. The molecule has 0 aliphatic rings. The quantitative estimate of drug-likeness (QED) is 0.345. The van der Waals surface area contributed by atoms with Crippen LogP contribution in [0.5, 0.6) is 17.2 Å². The van der Waals surface area contributed by atoms with Crippen LogP contribution in [0.15, 0.2) is 41.2 Å². The van der Waals surface area contributed by atoms with Gasteiger partial charge in [-0.2, -0.15) is 0 Å². The topological polar surface area (TPSA) is 103 Å². The fourth-order valence-electron chi connectivity index (χ4n) is 3.26. The van der Waals surface area contributed by atoms with Crippen LogP contribution in [-0.2, 0) is 11.1 Å². The number of alkyl halides is 1. The molecule has 32 heavy (non-hydrogen) atoms. The average Bonchev–Trinajstić information content (AvgIpc) is 2.80. The Bertz CT molecular complexity index is 1200. The van der Waals surface area contributed by atoms with Crippen molar-refractivity contribution >= 4 is 28.5 Å². The molecule has 1 amide bonds. The molecule has 9 heteroatoms. The summed E-state index contributed by atoms with van der Waals surface area (Å²) < 4.78 is 12.3. The smallest absolute Gasteiger partial charge is 0.297 e. The van der Waals surface area contributed by atoms with Crippen molar-refractivity contribution in [1.82, 2.24) is 14.9 Å². The fourth-order valence-corrected chi connectivity index (χ4v) is 3.89. The first-order valence-corrected chi connectivity index (χ1v) is 11.3. The molecule has 1 aromatic heterocycles. The van der Waals surface area contributed by atoms with E-state index in [1.165, 1.54) is 18.8 Å². The summed E-state index contributed by atoms with van der Waals surface area (Å²) in [4.78, 5) is 30.1. The lowest BCUT2D eigenvalue weighted by atomic mass is 10.1. The number of hydrogen-bond donors (Lipinski definition) is 2. The molecule has 3 aromatic rings. The number of methoxy groups -OCH3 is 2. The van der Waals surface area contributed by atoms with E-state index in [0.29, 0.717) is 17.1 Å². The molecule has 0 aliphatic carbocycles. The highest BCUT2D eigenvalue weighted by molar-refractivity contribution is 14.1. The SMILES string of the molecule is COc1cccc(OC)c1-c1nc(C(=O)NCc2ccc(C)c(C)c2)c(O)c(=O)n1CI. The minimum absolute atomic E-state index is 0.160. The van der Waals surface area contributed by atoms with Crippen LogP contribution >= 0.6 is 22.6 Å². The number of aromatic hydroxyl groups is 1. The predicted molar refractivity (Wildman–Crippen MR) is 130 cm³/mol. The van der Waals surface area contributed by atoms with Crippen LogP contribution in [0.2, 0.25) is 0 Å². The maximum Gasteiger partial charge on any atom is 0.297 e. The summed E-state index contributed by atoms with van der Waals surface area (Å²) in [6.45, 7) is 4.23. The fraction of sp³-hybridized carbons (Fsp3) is 0.261. The number of aryl methyl sites for hydroxylation is 2. The third-order valence-corrected chi connectivity index (χ3v) is 5.84. The number of ether oxygens (including phenoxy) is 2. The lowest BCUT2D eigenvalue weighted by Crippen LogP contribution is -2.30. The van der Waals surface area contributed by atoms with Gasteiger partial charge in [0.1, 0.15) is 17.1 Å². The maximum atomic E-state index is 12.9. The maximum absolute atomic E-state index is 12.9. The van der Waals surface area contributed by atoms with Crippen molar-refractivity contribution < 1.29 is 19.4 Å². The van der Waals surface area contributed by atoms with E-state index in [-0.39, 0.29) is 22.6 Å². The van der Waals surface area contributed by atoms with Gasteiger partial charge in [-0.15, -0.1) is 0 Å².